The van der Waals surface area contributed by atoms with Gasteiger partial charge in [0.1, 0.15) is 5.82 Å². The average Bonchev–Trinajstić information content (AvgIpc) is 2.67. The second-order valence-electron chi connectivity index (χ2n) is 7.98. The lowest BCUT2D eigenvalue weighted by Gasteiger charge is -2.26. The highest BCUT2D eigenvalue weighted by Crippen LogP contribution is 2.19. The summed E-state index contributed by atoms with van der Waals surface area (Å²) >= 11 is 5.62. The molecule has 0 spiro atoms. The molecule has 0 amide bonds. The standard InChI is InChI=1S/C23H27FN4OS/c1-15-11-16(2)20-13-17(22(29)26-21(20)12-15)14-28(10-9-27(3)4)23(30)25-19-7-5-18(24)6-8-19/h5-8,11-13H,9-10,14H2,1-4H3,(H,25,30)(H,26,29)/p+1. The fourth-order valence-electron chi connectivity index (χ4n) is 3.39. The number of H-pyrrole nitrogens is 1. The van der Waals surface area contributed by atoms with E-state index in [1.54, 1.807) is 12.1 Å². The number of hydrogen-bond acceptors (Lipinski definition) is 2. The summed E-state index contributed by atoms with van der Waals surface area (Å²) in [7, 11) is 4.15. The normalized spacial score (nSPS) is 11.1. The van der Waals surface area contributed by atoms with E-state index in [9.17, 15) is 9.18 Å². The molecular weight excluding hydrogens is 399 g/mol. The Morgan fingerprint density at radius 2 is 1.87 bits per heavy atom. The molecule has 7 heteroatoms. The molecule has 0 fully saturated rings. The maximum Gasteiger partial charge on any atom is 0.253 e. The number of likely N-dealkylation sites (N-methyl/N-ethyl adjacent to an activating group) is 1. The molecule has 3 N–H and O–H groups in total. The third-order valence-corrected chi connectivity index (χ3v) is 5.38. The number of quaternary nitrogens is 1. The minimum absolute atomic E-state index is 0.112. The Hall–Kier alpha value is -2.77. The third kappa shape index (κ3) is 5.43. The Bertz CT molecular complexity index is 1110. The van der Waals surface area contributed by atoms with Gasteiger partial charge in [-0.2, -0.15) is 0 Å². The molecule has 0 unspecified atom stereocenters. The number of hydrogen-bond donors (Lipinski definition) is 3. The van der Waals surface area contributed by atoms with Crippen LogP contribution in [0.15, 0.2) is 47.3 Å². The van der Waals surface area contributed by atoms with Gasteiger partial charge in [-0.05, 0) is 73.6 Å². The van der Waals surface area contributed by atoms with Gasteiger partial charge < -0.3 is 20.1 Å². The van der Waals surface area contributed by atoms with Gasteiger partial charge in [-0.15, -0.1) is 0 Å². The van der Waals surface area contributed by atoms with Gasteiger partial charge in [0.15, 0.2) is 5.11 Å². The molecular formula is C23H28FN4OS+. The van der Waals surface area contributed by atoms with Crippen molar-refractivity contribution >= 4 is 33.9 Å². The van der Waals surface area contributed by atoms with E-state index in [1.165, 1.54) is 17.0 Å². The Balaban J connectivity index is 1.88. The molecule has 158 valence electrons. The van der Waals surface area contributed by atoms with Crippen molar-refractivity contribution in [2.75, 3.05) is 32.5 Å². The topological polar surface area (TPSA) is 52.6 Å². The molecule has 0 saturated heterocycles. The van der Waals surface area contributed by atoms with Gasteiger partial charge in [0, 0.05) is 22.2 Å². The lowest BCUT2D eigenvalue weighted by atomic mass is 10.0. The molecule has 0 bridgehead atoms. The number of aromatic nitrogens is 1. The first-order chi connectivity index (χ1) is 14.2. The fraction of sp³-hybridized carbons (Fsp3) is 0.304. The van der Waals surface area contributed by atoms with E-state index < -0.39 is 0 Å². The van der Waals surface area contributed by atoms with Crippen LogP contribution < -0.4 is 15.8 Å². The van der Waals surface area contributed by atoms with Gasteiger partial charge in [-0.1, -0.05) is 6.07 Å². The van der Waals surface area contributed by atoms with Gasteiger partial charge in [0.2, 0.25) is 0 Å². The van der Waals surface area contributed by atoms with Crippen molar-refractivity contribution in [2.24, 2.45) is 0 Å². The van der Waals surface area contributed by atoms with Gasteiger partial charge >= 0.3 is 0 Å². The number of nitrogens with zero attached hydrogens (tertiary/aromatic N) is 1. The number of halogens is 1. The van der Waals surface area contributed by atoms with Crippen LogP contribution in [0.5, 0.6) is 0 Å². The molecule has 0 saturated carbocycles. The molecule has 3 aromatic rings. The van der Waals surface area contributed by atoms with Gasteiger partial charge in [0.05, 0.1) is 33.7 Å². The molecule has 0 radical (unpaired) electrons. The molecule has 0 aliphatic carbocycles. The minimum atomic E-state index is -0.298. The van der Waals surface area contributed by atoms with Crippen LogP contribution in [-0.4, -0.2) is 42.2 Å². The highest BCUT2D eigenvalue weighted by atomic mass is 32.1. The second-order valence-corrected chi connectivity index (χ2v) is 8.37. The smallest absolute Gasteiger partial charge is 0.253 e. The first-order valence-electron chi connectivity index (χ1n) is 9.96. The molecule has 1 aromatic heterocycles. The molecule has 30 heavy (non-hydrogen) atoms. The highest BCUT2D eigenvalue weighted by Gasteiger charge is 2.15. The summed E-state index contributed by atoms with van der Waals surface area (Å²) in [6.07, 6.45) is 0. The van der Waals surface area contributed by atoms with E-state index in [1.807, 2.05) is 30.9 Å². The minimum Gasteiger partial charge on any atom is -0.339 e. The first kappa shape index (κ1) is 21.9. The molecule has 3 rings (SSSR count). The van der Waals surface area contributed by atoms with Crippen molar-refractivity contribution in [3.05, 3.63) is 75.3 Å². The van der Waals surface area contributed by atoms with Crippen LogP contribution >= 0.6 is 12.2 Å². The van der Waals surface area contributed by atoms with Crippen LogP contribution in [0.1, 0.15) is 16.7 Å². The van der Waals surface area contributed by atoms with E-state index in [2.05, 4.69) is 30.5 Å². The Kier molecular flexibility index (Phi) is 6.84. The Labute approximate surface area is 181 Å². The third-order valence-electron chi connectivity index (χ3n) is 5.02. The maximum absolute atomic E-state index is 13.2. The van der Waals surface area contributed by atoms with E-state index in [-0.39, 0.29) is 11.4 Å². The monoisotopic (exact) mass is 427 g/mol. The maximum atomic E-state index is 13.2. The Morgan fingerprint density at radius 1 is 1.17 bits per heavy atom. The van der Waals surface area contributed by atoms with Crippen molar-refractivity contribution < 1.29 is 9.29 Å². The average molecular weight is 428 g/mol. The number of anilines is 1. The number of pyridine rings is 1. The van der Waals surface area contributed by atoms with Crippen molar-refractivity contribution in [1.82, 2.24) is 9.88 Å². The number of aryl methyl sites for hydroxylation is 2. The van der Waals surface area contributed by atoms with Gasteiger partial charge in [0.25, 0.3) is 5.56 Å². The second kappa shape index (κ2) is 9.36. The molecule has 0 aliphatic heterocycles. The zero-order valence-electron chi connectivity index (χ0n) is 17.8. The molecule has 5 nitrogen and oxygen atoms in total. The first-order valence-corrected chi connectivity index (χ1v) is 10.4. The highest BCUT2D eigenvalue weighted by molar-refractivity contribution is 7.80. The molecule has 0 aliphatic rings. The zero-order valence-corrected chi connectivity index (χ0v) is 18.6. The van der Waals surface area contributed by atoms with Crippen LogP contribution in [0.4, 0.5) is 10.1 Å². The summed E-state index contributed by atoms with van der Waals surface area (Å²) in [6.45, 7) is 5.99. The number of benzene rings is 2. The number of nitrogens with one attached hydrogen (secondary N) is 3. The van der Waals surface area contributed by atoms with Crippen molar-refractivity contribution in [2.45, 2.75) is 20.4 Å². The van der Waals surface area contributed by atoms with Crippen LogP contribution in [0.25, 0.3) is 10.9 Å². The number of thiocarbonyl (C=S) groups is 1. The SMILES string of the molecule is Cc1cc(C)c2cc(CN(CC[NH+](C)C)C(=S)Nc3ccc(F)cc3)c(=O)[nH]c2c1. The summed E-state index contributed by atoms with van der Waals surface area (Å²) in [5, 5.41) is 4.69. The zero-order chi connectivity index (χ0) is 21.8. The summed E-state index contributed by atoms with van der Waals surface area (Å²) < 4.78 is 13.2. The predicted octanol–water partition coefficient (Wildman–Crippen LogP) is 2.63. The van der Waals surface area contributed by atoms with E-state index in [0.29, 0.717) is 29.5 Å². The summed E-state index contributed by atoms with van der Waals surface area (Å²) in [4.78, 5) is 19.0. The predicted molar refractivity (Wildman–Crippen MR) is 125 cm³/mol. The largest absolute Gasteiger partial charge is 0.339 e. The van der Waals surface area contributed by atoms with Crippen molar-refractivity contribution in [3.63, 3.8) is 0 Å². The fourth-order valence-corrected chi connectivity index (χ4v) is 3.66. The number of aromatic amines is 1. The summed E-state index contributed by atoms with van der Waals surface area (Å²) in [5.74, 6) is -0.298. The van der Waals surface area contributed by atoms with Crippen molar-refractivity contribution in [3.8, 4) is 0 Å². The van der Waals surface area contributed by atoms with Crippen molar-refractivity contribution in [1.29, 1.82) is 0 Å². The van der Waals surface area contributed by atoms with Crippen LogP contribution in [-0.2, 0) is 6.54 Å². The lowest BCUT2D eigenvalue weighted by Crippen LogP contribution is -3.06. The van der Waals surface area contributed by atoms with Gasteiger partial charge in [-0.25, -0.2) is 4.39 Å². The summed E-state index contributed by atoms with van der Waals surface area (Å²) in [6, 6.07) is 12.1. The van der Waals surface area contributed by atoms with Crippen LogP contribution in [0, 0.1) is 19.7 Å². The van der Waals surface area contributed by atoms with E-state index in [4.69, 9.17) is 12.2 Å². The Morgan fingerprint density at radius 3 is 2.53 bits per heavy atom. The molecule has 0 atom stereocenters. The number of fused-ring (bicyclic) bond motifs is 1. The number of rotatable bonds is 6. The molecule has 2 aromatic carbocycles. The van der Waals surface area contributed by atoms with E-state index >= 15 is 0 Å². The van der Waals surface area contributed by atoms with Gasteiger partial charge in [-0.3, -0.25) is 4.79 Å². The van der Waals surface area contributed by atoms with E-state index in [0.717, 1.165) is 28.6 Å². The quantitative estimate of drug-likeness (QED) is 0.530. The lowest BCUT2D eigenvalue weighted by molar-refractivity contribution is -0.857. The van der Waals surface area contributed by atoms with Crippen LogP contribution in [0.2, 0.25) is 0 Å². The van der Waals surface area contributed by atoms with Crippen LogP contribution in [0.3, 0.4) is 0 Å². The molecule has 1 heterocycles. The summed E-state index contributed by atoms with van der Waals surface area (Å²) in [5.41, 5.74) is 4.34.